The zero-order chi connectivity index (χ0) is 13.7. The Labute approximate surface area is 115 Å². The molecule has 2 nitrogen and oxygen atoms in total. The van der Waals surface area contributed by atoms with Crippen molar-refractivity contribution in [3.63, 3.8) is 0 Å². The Balaban J connectivity index is 2.71. The average molecular weight is 267 g/mol. The molecule has 0 bridgehead atoms. The lowest BCUT2D eigenvalue weighted by Gasteiger charge is -2.20. The van der Waals surface area contributed by atoms with Crippen molar-refractivity contribution >= 4 is 11.8 Å². The van der Waals surface area contributed by atoms with E-state index >= 15 is 0 Å². The third kappa shape index (κ3) is 4.21. The number of ether oxygens (including phenoxy) is 1. The normalized spacial score (nSPS) is 14.6. The van der Waals surface area contributed by atoms with Gasteiger partial charge in [0.1, 0.15) is 5.75 Å². The fourth-order valence-electron chi connectivity index (χ4n) is 1.68. The van der Waals surface area contributed by atoms with Crippen molar-refractivity contribution < 1.29 is 4.74 Å². The van der Waals surface area contributed by atoms with Gasteiger partial charge in [-0.1, -0.05) is 38.5 Å². The van der Waals surface area contributed by atoms with E-state index < -0.39 is 0 Å². The summed E-state index contributed by atoms with van der Waals surface area (Å²) >= 11 is 1.93. The molecule has 0 spiro atoms. The third-order valence-corrected chi connectivity index (χ3v) is 4.88. The molecule has 1 aromatic carbocycles. The van der Waals surface area contributed by atoms with Crippen LogP contribution in [0.15, 0.2) is 18.2 Å². The van der Waals surface area contributed by atoms with E-state index in [0.29, 0.717) is 11.2 Å². The molecular formula is C15H25NOS. The van der Waals surface area contributed by atoms with Crippen LogP contribution in [0.4, 0.5) is 0 Å². The van der Waals surface area contributed by atoms with Crippen molar-refractivity contribution in [1.29, 1.82) is 0 Å². The van der Waals surface area contributed by atoms with Gasteiger partial charge in [-0.2, -0.15) is 11.8 Å². The van der Waals surface area contributed by atoms with E-state index in [1.807, 2.05) is 17.8 Å². The molecule has 0 radical (unpaired) electrons. The number of hydrogen-bond acceptors (Lipinski definition) is 3. The van der Waals surface area contributed by atoms with E-state index in [-0.39, 0.29) is 6.04 Å². The molecule has 0 aliphatic carbocycles. The van der Waals surface area contributed by atoms with Gasteiger partial charge < -0.3 is 10.5 Å². The first-order valence-electron chi connectivity index (χ1n) is 6.47. The molecule has 0 amide bonds. The highest BCUT2D eigenvalue weighted by Crippen LogP contribution is 2.29. The minimum atomic E-state index is 0.0334. The lowest BCUT2D eigenvalue weighted by atomic mass is 10.1. The van der Waals surface area contributed by atoms with Gasteiger partial charge in [-0.25, -0.2) is 0 Å². The zero-order valence-electron chi connectivity index (χ0n) is 12.1. The molecule has 0 aromatic heterocycles. The minimum absolute atomic E-state index is 0.0334. The molecule has 0 saturated carbocycles. The lowest BCUT2D eigenvalue weighted by molar-refractivity contribution is 0.407. The van der Waals surface area contributed by atoms with Crippen molar-refractivity contribution in [3.8, 4) is 5.75 Å². The van der Waals surface area contributed by atoms with Crippen LogP contribution in [0.3, 0.4) is 0 Å². The van der Waals surface area contributed by atoms with Crippen LogP contribution in [0.25, 0.3) is 0 Å². The van der Waals surface area contributed by atoms with Crippen LogP contribution in [0.5, 0.6) is 5.75 Å². The van der Waals surface area contributed by atoms with Crippen LogP contribution in [0.1, 0.15) is 37.9 Å². The Morgan fingerprint density at radius 1 is 1.28 bits per heavy atom. The highest BCUT2D eigenvalue weighted by atomic mass is 32.2. The van der Waals surface area contributed by atoms with Gasteiger partial charge in [-0.3, -0.25) is 0 Å². The molecule has 3 heteroatoms. The van der Waals surface area contributed by atoms with Gasteiger partial charge in [0, 0.05) is 22.6 Å². The maximum atomic E-state index is 6.29. The SMILES string of the molecule is COc1ccc(C)cc1C(N)CSC(C)C(C)C. The predicted molar refractivity (Wildman–Crippen MR) is 81.4 cm³/mol. The Morgan fingerprint density at radius 3 is 2.50 bits per heavy atom. The topological polar surface area (TPSA) is 35.2 Å². The summed E-state index contributed by atoms with van der Waals surface area (Å²) in [6, 6.07) is 6.22. The van der Waals surface area contributed by atoms with Gasteiger partial charge in [0.2, 0.25) is 0 Å². The van der Waals surface area contributed by atoms with Crippen molar-refractivity contribution in [1.82, 2.24) is 0 Å². The van der Waals surface area contributed by atoms with Gasteiger partial charge in [0.05, 0.1) is 7.11 Å². The Bertz CT molecular complexity index is 379. The summed E-state index contributed by atoms with van der Waals surface area (Å²) < 4.78 is 5.39. The first-order valence-corrected chi connectivity index (χ1v) is 7.52. The van der Waals surface area contributed by atoms with Crippen LogP contribution in [0.2, 0.25) is 0 Å². The van der Waals surface area contributed by atoms with Crippen molar-refractivity contribution in [2.75, 3.05) is 12.9 Å². The number of benzene rings is 1. The van der Waals surface area contributed by atoms with Gasteiger partial charge in [0.15, 0.2) is 0 Å². The van der Waals surface area contributed by atoms with Crippen molar-refractivity contribution in [2.45, 2.75) is 39.0 Å². The highest BCUT2D eigenvalue weighted by Gasteiger charge is 2.15. The minimum Gasteiger partial charge on any atom is -0.496 e. The van der Waals surface area contributed by atoms with E-state index in [4.69, 9.17) is 10.5 Å². The van der Waals surface area contributed by atoms with Gasteiger partial charge >= 0.3 is 0 Å². The summed E-state index contributed by atoms with van der Waals surface area (Å²) in [7, 11) is 1.70. The van der Waals surface area contributed by atoms with Crippen molar-refractivity contribution in [3.05, 3.63) is 29.3 Å². The second kappa shape index (κ2) is 7.05. The predicted octanol–water partition coefficient (Wildman–Crippen LogP) is 3.78. The molecule has 2 unspecified atom stereocenters. The van der Waals surface area contributed by atoms with E-state index in [1.54, 1.807) is 7.11 Å². The average Bonchev–Trinajstić information content (AvgIpc) is 2.35. The zero-order valence-corrected chi connectivity index (χ0v) is 12.9. The summed E-state index contributed by atoms with van der Waals surface area (Å²) in [5.41, 5.74) is 8.63. The quantitative estimate of drug-likeness (QED) is 0.852. The smallest absolute Gasteiger partial charge is 0.123 e. The highest BCUT2D eigenvalue weighted by molar-refractivity contribution is 7.99. The molecular weight excluding hydrogens is 242 g/mol. The number of rotatable bonds is 6. The number of hydrogen-bond donors (Lipinski definition) is 1. The first kappa shape index (κ1) is 15.4. The second-order valence-electron chi connectivity index (χ2n) is 5.13. The van der Waals surface area contributed by atoms with Gasteiger partial charge in [-0.05, 0) is 18.9 Å². The van der Waals surface area contributed by atoms with Gasteiger partial charge in [-0.15, -0.1) is 0 Å². The second-order valence-corrected chi connectivity index (χ2v) is 6.54. The monoisotopic (exact) mass is 267 g/mol. The molecule has 2 atom stereocenters. The maximum Gasteiger partial charge on any atom is 0.123 e. The van der Waals surface area contributed by atoms with Crippen molar-refractivity contribution in [2.24, 2.45) is 11.7 Å². The Kier molecular flexibility index (Phi) is 6.03. The number of aryl methyl sites for hydroxylation is 1. The summed E-state index contributed by atoms with van der Waals surface area (Å²) in [5, 5.41) is 0.631. The van der Waals surface area contributed by atoms with E-state index in [9.17, 15) is 0 Å². The van der Waals surface area contributed by atoms with Crippen LogP contribution in [-0.4, -0.2) is 18.1 Å². The van der Waals surface area contributed by atoms with E-state index in [0.717, 1.165) is 17.1 Å². The standard InChI is InChI=1S/C15H25NOS/c1-10(2)12(4)18-9-14(16)13-8-11(3)6-7-15(13)17-5/h6-8,10,12,14H,9,16H2,1-5H3. The lowest BCUT2D eigenvalue weighted by Crippen LogP contribution is -2.17. The fraction of sp³-hybridized carbons (Fsp3) is 0.600. The number of thioether (sulfide) groups is 1. The molecule has 0 aliphatic heterocycles. The van der Waals surface area contributed by atoms with E-state index in [1.165, 1.54) is 5.56 Å². The number of nitrogens with two attached hydrogens (primary N) is 1. The van der Waals surface area contributed by atoms with Crippen LogP contribution >= 0.6 is 11.8 Å². The van der Waals surface area contributed by atoms with Crippen LogP contribution in [-0.2, 0) is 0 Å². The van der Waals surface area contributed by atoms with Crippen LogP contribution < -0.4 is 10.5 Å². The molecule has 1 rings (SSSR count). The molecule has 102 valence electrons. The number of methoxy groups -OCH3 is 1. The largest absolute Gasteiger partial charge is 0.496 e. The van der Waals surface area contributed by atoms with E-state index in [2.05, 4.69) is 39.8 Å². The fourth-order valence-corrected chi connectivity index (χ4v) is 2.76. The molecule has 2 N–H and O–H groups in total. The van der Waals surface area contributed by atoms with Gasteiger partial charge in [0.25, 0.3) is 0 Å². The summed E-state index contributed by atoms with van der Waals surface area (Å²) in [6.07, 6.45) is 0. The molecule has 0 fully saturated rings. The maximum absolute atomic E-state index is 6.29. The Hall–Kier alpha value is -0.670. The molecule has 1 aromatic rings. The van der Waals surface area contributed by atoms with Crippen LogP contribution in [0, 0.1) is 12.8 Å². The molecule has 0 aliphatic rings. The molecule has 0 saturated heterocycles. The summed E-state index contributed by atoms with van der Waals surface area (Å²) in [4.78, 5) is 0. The molecule has 18 heavy (non-hydrogen) atoms. The Morgan fingerprint density at radius 2 is 1.94 bits per heavy atom. The summed E-state index contributed by atoms with van der Waals surface area (Å²) in [6.45, 7) is 8.84. The first-order chi connectivity index (χ1) is 8.45. The molecule has 0 heterocycles. The third-order valence-electron chi connectivity index (χ3n) is 3.26. The summed E-state index contributed by atoms with van der Waals surface area (Å²) in [5.74, 6) is 2.51.